The molecular weight excluding hydrogens is 296 g/mol. The summed E-state index contributed by atoms with van der Waals surface area (Å²) in [6.45, 7) is 16.5. The third kappa shape index (κ3) is 6.28. The maximum Gasteiger partial charge on any atom is 0.264 e. The largest absolute Gasteiger partial charge is 0.300 e. The van der Waals surface area contributed by atoms with Crippen molar-refractivity contribution in [3.05, 3.63) is 0 Å². The van der Waals surface area contributed by atoms with Crippen LogP contribution in [0.5, 0.6) is 0 Å². The molecule has 2 aliphatic rings. The first-order valence-electron chi connectivity index (χ1n) is 9.49. The minimum absolute atomic E-state index is 0.0442. The second-order valence-electron chi connectivity index (χ2n) is 6.95. The van der Waals surface area contributed by atoms with E-state index in [1.54, 1.807) is 0 Å². The molecule has 23 heavy (non-hydrogen) atoms. The topological polar surface area (TPSA) is 9.72 Å². The van der Waals surface area contributed by atoms with Gasteiger partial charge in [0.15, 0.2) is 0 Å². The Balaban J connectivity index is 0.00000127. The van der Waals surface area contributed by atoms with Crippen molar-refractivity contribution in [3.63, 3.8) is 0 Å². The molecule has 0 bridgehead atoms. The normalized spacial score (nSPS) is 26.9. The molecular formula is C18H37F2N3. The van der Waals surface area contributed by atoms with Crippen LogP contribution in [0.1, 0.15) is 47.5 Å². The molecule has 2 saturated heterocycles. The highest BCUT2D eigenvalue weighted by atomic mass is 19.3. The Labute approximate surface area is 142 Å². The third-order valence-electron chi connectivity index (χ3n) is 4.98. The molecule has 0 amide bonds. The molecule has 3 nitrogen and oxygen atoms in total. The summed E-state index contributed by atoms with van der Waals surface area (Å²) >= 11 is 0. The summed E-state index contributed by atoms with van der Waals surface area (Å²) in [7, 11) is 0. The van der Waals surface area contributed by atoms with Crippen molar-refractivity contribution in [3.8, 4) is 0 Å². The fourth-order valence-electron chi connectivity index (χ4n) is 3.56. The van der Waals surface area contributed by atoms with E-state index in [-0.39, 0.29) is 6.54 Å². The highest BCUT2D eigenvalue weighted by Gasteiger charge is 2.44. The van der Waals surface area contributed by atoms with Crippen LogP contribution in [0.2, 0.25) is 0 Å². The summed E-state index contributed by atoms with van der Waals surface area (Å²) in [4.78, 5) is 6.60. The van der Waals surface area contributed by atoms with E-state index in [9.17, 15) is 8.78 Å². The van der Waals surface area contributed by atoms with E-state index in [2.05, 4.69) is 30.6 Å². The van der Waals surface area contributed by atoms with Gasteiger partial charge in [0.05, 0.1) is 6.54 Å². The molecule has 5 heteroatoms. The Bertz CT molecular complexity index is 315. The van der Waals surface area contributed by atoms with Gasteiger partial charge in [-0.15, -0.1) is 0 Å². The van der Waals surface area contributed by atoms with Crippen LogP contribution in [0.25, 0.3) is 0 Å². The van der Waals surface area contributed by atoms with Crippen LogP contribution >= 0.6 is 0 Å². The lowest BCUT2D eigenvalue weighted by molar-refractivity contribution is -0.120. The number of piperidine rings is 1. The number of hydrogen-bond donors (Lipinski definition) is 0. The second kappa shape index (κ2) is 9.90. The predicted molar refractivity (Wildman–Crippen MR) is 94.3 cm³/mol. The number of halogens is 2. The molecule has 1 atom stereocenters. The van der Waals surface area contributed by atoms with Crippen molar-refractivity contribution in [1.82, 2.24) is 14.7 Å². The van der Waals surface area contributed by atoms with Crippen LogP contribution in [-0.4, -0.2) is 79.0 Å². The number of alkyl halides is 2. The van der Waals surface area contributed by atoms with Crippen molar-refractivity contribution < 1.29 is 8.78 Å². The van der Waals surface area contributed by atoms with Gasteiger partial charge in [0.2, 0.25) is 0 Å². The summed E-state index contributed by atoms with van der Waals surface area (Å²) in [5.74, 6) is -2.99. The molecule has 0 aromatic rings. The van der Waals surface area contributed by atoms with Gasteiger partial charge < -0.3 is 4.90 Å². The van der Waals surface area contributed by atoms with Crippen molar-refractivity contribution in [2.75, 3.05) is 52.4 Å². The van der Waals surface area contributed by atoms with Crippen LogP contribution in [0.3, 0.4) is 0 Å². The smallest absolute Gasteiger partial charge is 0.264 e. The average molecular weight is 334 g/mol. The number of likely N-dealkylation sites (tertiary alicyclic amines) is 1. The number of rotatable bonds is 5. The van der Waals surface area contributed by atoms with Crippen molar-refractivity contribution in [2.24, 2.45) is 5.92 Å². The van der Waals surface area contributed by atoms with E-state index >= 15 is 0 Å². The van der Waals surface area contributed by atoms with E-state index in [0.29, 0.717) is 19.0 Å². The Morgan fingerprint density at radius 1 is 1.00 bits per heavy atom. The Morgan fingerprint density at radius 2 is 1.61 bits per heavy atom. The Hall–Kier alpha value is -0.260. The molecule has 0 aromatic heterocycles. The molecule has 0 N–H and O–H groups in total. The van der Waals surface area contributed by atoms with Gasteiger partial charge in [-0.25, -0.2) is 8.78 Å². The molecule has 0 aromatic carbocycles. The molecule has 0 aliphatic carbocycles. The zero-order valence-corrected chi connectivity index (χ0v) is 15.8. The van der Waals surface area contributed by atoms with Gasteiger partial charge in [-0.3, -0.25) is 9.80 Å². The van der Waals surface area contributed by atoms with Crippen molar-refractivity contribution >= 4 is 0 Å². The fourth-order valence-corrected chi connectivity index (χ4v) is 3.56. The van der Waals surface area contributed by atoms with Crippen LogP contribution in [-0.2, 0) is 0 Å². The van der Waals surface area contributed by atoms with Gasteiger partial charge in [-0.1, -0.05) is 20.8 Å². The number of nitrogens with zero attached hydrogens (tertiary/aromatic N) is 3. The molecule has 0 radical (unpaired) electrons. The molecule has 2 heterocycles. The lowest BCUT2D eigenvalue weighted by Crippen LogP contribution is -2.55. The van der Waals surface area contributed by atoms with Gasteiger partial charge in [-0.05, 0) is 39.8 Å². The predicted octanol–water partition coefficient (Wildman–Crippen LogP) is 3.41. The standard InChI is InChI=1S/C16H31F2N3.C2H6/c1-4-6-20-7-5-15(16(17,18)13-20)12-19-8-10-21(11-9-19)14(2)3;1-2/h14-15H,4-13H2,1-3H3;1-2H3. The fraction of sp³-hybridized carbons (Fsp3) is 1.00. The first kappa shape index (κ1) is 20.8. The first-order chi connectivity index (χ1) is 10.9. The maximum atomic E-state index is 14.3. The zero-order valence-electron chi connectivity index (χ0n) is 15.8. The van der Waals surface area contributed by atoms with Crippen LogP contribution in [0, 0.1) is 5.92 Å². The van der Waals surface area contributed by atoms with Gasteiger partial charge >= 0.3 is 0 Å². The van der Waals surface area contributed by atoms with E-state index in [1.807, 2.05) is 18.7 Å². The third-order valence-corrected chi connectivity index (χ3v) is 4.98. The monoisotopic (exact) mass is 333 g/mol. The average Bonchev–Trinajstić information content (AvgIpc) is 2.52. The van der Waals surface area contributed by atoms with Crippen LogP contribution < -0.4 is 0 Å². The second-order valence-corrected chi connectivity index (χ2v) is 6.95. The van der Waals surface area contributed by atoms with Gasteiger partial charge in [0.1, 0.15) is 0 Å². The minimum atomic E-state index is -2.53. The van der Waals surface area contributed by atoms with Gasteiger partial charge in [0, 0.05) is 44.7 Å². The minimum Gasteiger partial charge on any atom is -0.300 e. The molecule has 0 saturated carbocycles. The van der Waals surface area contributed by atoms with E-state index in [1.165, 1.54) is 0 Å². The van der Waals surface area contributed by atoms with Crippen LogP contribution in [0.4, 0.5) is 8.78 Å². The maximum absolute atomic E-state index is 14.3. The molecule has 138 valence electrons. The zero-order chi connectivity index (χ0) is 17.5. The number of hydrogen-bond acceptors (Lipinski definition) is 3. The highest BCUT2D eigenvalue weighted by molar-refractivity contribution is 4.89. The van der Waals surface area contributed by atoms with E-state index in [4.69, 9.17) is 0 Å². The van der Waals surface area contributed by atoms with Gasteiger partial charge in [-0.2, -0.15) is 0 Å². The Kier molecular flexibility index (Phi) is 8.94. The lowest BCUT2D eigenvalue weighted by Gasteiger charge is -2.43. The molecule has 1 unspecified atom stereocenters. The van der Waals surface area contributed by atoms with Crippen molar-refractivity contribution in [2.45, 2.75) is 59.4 Å². The summed E-state index contributed by atoms with van der Waals surface area (Å²) in [5, 5.41) is 0. The quantitative estimate of drug-likeness (QED) is 0.763. The lowest BCUT2D eigenvalue weighted by atomic mass is 9.91. The summed E-state index contributed by atoms with van der Waals surface area (Å²) in [6.07, 6.45) is 1.59. The van der Waals surface area contributed by atoms with Gasteiger partial charge in [0.25, 0.3) is 5.92 Å². The first-order valence-corrected chi connectivity index (χ1v) is 9.49. The van der Waals surface area contributed by atoms with E-state index in [0.717, 1.165) is 45.7 Å². The summed E-state index contributed by atoms with van der Waals surface area (Å²) in [6, 6.07) is 0.561. The summed E-state index contributed by atoms with van der Waals surface area (Å²) in [5.41, 5.74) is 0. The van der Waals surface area contributed by atoms with Crippen molar-refractivity contribution in [1.29, 1.82) is 0 Å². The Morgan fingerprint density at radius 3 is 2.09 bits per heavy atom. The van der Waals surface area contributed by atoms with Crippen LogP contribution in [0.15, 0.2) is 0 Å². The highest BCUT2D eigenvalue weighted by Crippen LogP contribution is 2.33. The molecule has 2 rings (SSSR count). The summed E-state index contributed by atoms with van der Waals surface area (Å²) < 4.78 is 28.6. The number of piperazine rings is 1. The SMILES string of the molecule is CC.CCCN1CCC(CN2CCN(C(C)C)CC2)C(F)(F)C1. The molecule has 0 spiro atoms. The molecule has 2 aliphatic heterocycles. The van der Waals surface area contributed by atoms with E-state index < -0.39 is 11.8 Å². The molecule has 2 fully saturated rings.